The van der Waals surface area contributed by atoms with Gasteiger partial charge in [-0.1, -0.05) is 11.2 Å². The Kier molecular flexibility index (Phi) is 4.33. The smallest absolute Gasteiger partial charge is 0.293 e. The molecule has 2 aromatic rings. The third-order valence-corrected chi connectivity index (χ3v) is 4.39. The van der Waals surface area contributed by atoms with E-state index in [9.17, 15) is 14.0 Å². The van der Waals surface area contributed by atoms with Crippen molar-refractivity contribution in [3.05, 3.63) is 47.6 Å². The maximum atomic E-state index is 13.2. The van der Waals surface area contributed by atoms with E-state index in [4.69, 9.17) is 4.52 Å². The normalized spacial score (nSPS) is 17.3. The molecule has 0 saturated carbocycles. The number of nitrogens with zero attached hydrogens (tertiary/aromatic N) is 2. The molecule has 0 bridgehead atoms. The summed E-state index contributed by atoms with van der Waals surface area (Å²) in [5.41, 5.74) is 0.954. The van der Waals surface area contributed by atoms with Crippen LogP contribution in [0.4, 0.5) is 10.1 Å². The fourth-order valence-corrected chi connectivity index (χ4v) is 3.41. The molecule has 8 heteroatoms. The summed E-state index contributed by atoms with van der Waals surface area (Å²) in [6.07, 6.45) is 0. The minimum atomic E-state index is -0.638. The van der Waals surface area contributed by atoms with Crippen LogP contribution in [0.2, 0.25) is 0 Å². The lowest BCUT2D eigenvalue weighted by molar-refractivity contribution is -0.119. The van der Waals surface area contributed by atoms with Crippen molar-refractivity contribution in [3.8, 4) is 0 Å². The summed E-state index contributed by atoms with van der Waals surface area (Å²) in [5, 5.41) is 6.32. The monoisotopic (exact) mass is 335 g/mol. The van der Waals surface area contributed by atoms with Gasteiger partial charge in [0.15, 0.2) is 0 Å². The Balaban J connectivity index is 1.73. The van der Waals surface area contributed by atoms with Gasteiger partial charge in [0.05, 0.1) is 11.6 Å². The molecule has 1 aliphatic rings. The second-order valence-electron chi connectivity index (χ2n) is 5.12. The van der Waals surface area contributed by atoms with E-state index >= 15 is 0 Å². The first-order chi connectivity index (χ1) is 11.0. The summed E-state index contributed by atoms with van der Waals surface area (Å²) in [7, 11) is 0. The van der Waals surface area contributed by atoms with Crippen LogP contribution in [0.25, 0.3) is 0 Å². The molecular formula is C15H14FN3O3S. The van der Waals surface area contributed by atoms with Crippen LogP contribution >= 0.6 is 11.8 Å². The Bertz CT molecular complexity index is 749. The van der Waals surface area contributed by atoms with Gasteiger partial charge >= 0.3 is 0 Å². The van der Waals surface area contributed by atoms with Gasteiger partial charge in [-0.25, -0.2) is 4.39 Å². The molecule has 1 saturated heterocycles. The number of carbonyl (C=O) groups is 2. The lowest BCUT2D eigenvalue weighted by Gasteiger charge is -2.21. The molecule has 1 fully saturated rings. The average Bonchev–Trinajstić information content (AvgIpc) is 3.15. The summed E-state index contributed by atoms with van der Waals surface area (Å²) in [6, 6.07) is 6.52. The number of aryl methyl sites for hydroxylation is 1. The van der Waals surface area contributed by atoms with Gasteiger partial charge in [-0.2, -0.15) is 0 Å². The number of anilines is 1. The standard InChI is InChI=1S/C15H14FN3O3S/c1-9-5-13(22-18-9)15(21)19-8-23-7-12(19)14(20)17-11-4-2-3-10(16)6-11/h2-6,12H,7-8H2,1H3,(H,17,20)/t12-/m1/s1. The zero-order valence-electron chi connectivity index (χ0n) is 12.3. The van der Waals surface area contributed by atoms with Crippen molar-refractivity contribution in [2.45, 2.75) is 13.0 Å². The second kappa shape index (κ2) is 6.41. The number of thioether (sulfide) groups is 1. The van der Waals surface area contributed by atoms with E-state index in [0.717, 1.165) is 0 Å². The number of rotatable bonds is 3. The number of hydrogen-bond acceptors (Lipinski definition) is 5. The fraction of sp³-hybridized carbons (Fsp3) is 0.267. The zero-order valence-corrected chi connectivity index (χ0v) is 13.1. The van der Waals surface area contributed by atoms with Gasteiger partial charge in [0.2, 0.25) is 11.7 Å². The van der Waals surface area contributed by atoms with Gasteiger partial charge in [0.1, 0.15) is 11.9 Å². The van der Waals surface area contributed by atoms with Crippen LogP contribution < -0.4 is 5.32 Å². The Morgan fingerprint density at radius 2 is 2.26 bits per heavy atom. The third kappa shape index (κ3) is 3.37. The molecule has 120 valence electrons. The second-order valence-corrected chi connectivity index (χ2v) is 6.12. The molecule has 6 nitrogen and oxygen atoms in total. The summed E-state index contributed by atoms with van der Waals surface area (Å²) < 4.78 is 18.2. The average molecular weight is 335 g/mol. The molecule has 1 aliphatic heterocycles. The lowest BCUT2D eigenvalue weighted by atomic mass is 10.2. The molecule has 1 N–H and O–H groups in total. The summed E-state index contributed by atoms with van der Waals surface area (Å²) in [5.74, 6) is -0.206. The van der Waals surface area contributed by atoms with Crippen molar-refractivity contribution in [2.75, 3.05) is 16.9 Å². The van der Waals surface area contributed by atoms with E-state index in [1.165, 1.54) is 40.9 Å². The molecule has 1 aromatic heterocycles. The molecule has 2 heterocycles. The van der Waals surface area contributed by atoms with E-state index in [2.05, 4.69) is 10.5 Å². The number of nitrogens with one attached hydrogen (secondary N) is 1. The quantitative estimate of drug-likeness (QED) is 0.931. The molecule has 0 aliphatic carbocycles. The Labute approximate surface area is 136 Å². The lowest BCUT2D eigenvalue weighted by Crippen LogP contribution is -2.44. The maximum absolute atomic E-state index is 13.2. The number of aromatic nitrogens is 1. The highest BCUT2D eigenvalue weighted by Crippen LogP contribution is 2.24. The van der Waals surface area contributed by atoms with E-state index in [1.54, 1.807) is 13.0 Å². The van der Waals surface area contributed by atoms with E-state index in [0.29, 0.717) is 23.0 Å². The number of amides is 2. The van der Waals surface area contributed by atoms with Gasteiger partial charge in [-0.05, 0) is 25.1 Å². The van der Waals surface area contributed by atoms with Crippen LogP contribution in [0.3, 0.4) is 0 Å². The third-order valence-electron chi connectivity index (χ3n) is 3.38. The van der Waals surface area contributed by atoms with Crippen LogP contribution in [-0.4, -0.2) is 39.5 Å². The van der Waals surface area contributed by atoms with Crippen LogP contribution in [0.5, 0.6) is 0 Å². The molecule has 2 amide bonds. The maximum Gasteiger partial charge on any atom is 0.293 e. The van der Waals surface area contributed by atoms with Crippen LogP contribution in [0, 0.1) is 12.7 Å². The van der Waals surface area contributed by atoms with Crippen LogP contribution in [-0.2, 0) is 4.79 Å². The van der Waals surface area contributed by atoms with Crippen LogP contribution in [0.1, 0.15) is 16.2 Å². The topological polar surface area (TPSA) is 75.4 Å². The van der Waals surface area contributed by atoms with Gasteiger partial charge < -0.3 is 14.7 Å². The Morgan fingerprint density at radius 1 is 1.43 bits per heavy atom. The van der Waals surface area contributed by atoms with Gasteiger partial charge in [-0.3, -0.25) is 9.59 Å². The highest BCUT2D eigenvalue weighted by molar-refractivity contribution is 7.99. The molecule has 0 spiro atoms. The van der Waals surface area contributed by atoms with Crippen molar-refractivity contribution >= 4 is 29.3 Å². The van der Waals surface area contributed by atoms with Gasteiger partial charge in [0.25, 0.3) is 5.91 Å². The van der Waals surface area contributed by atoms with Gasteiger partial charge in [0, 0.05) is 17.5 Å². The molecule has 23 heavy (non-hydrogen) atoms. The summed E-state index contributed by atoms with van der Waals surface area (Å²) >= 11 is 1.47. The molecule has 1 atom stereocenters. The van der Waals surface area contributed by atoms with E-state index in [-0.39, 0.29) is 17.6 Å². The Morgan fingerprint density at radius 3 is 2.96 bits per heavy atom. The summed E-state index contributed by atoms with van der Waals surface area (Å²) in [4.78, 5) is 26.2. The molecule has 0 radical (unpaired) electrons. The van der Waals surface area contributed by atoms with Crippen LogP contribution in [0.15, 0.2) is 34.9 Å². The number of carbonyl (C=O) groups excluding carboxylic acids is 2. The summed E-state index contributed by atoms with van der Waals surface area (Å²) in [6.45, 7) is 1.72. The van der Waals surface area contributed by atoms with E-state index < -0.39 is 11.9 Å². The largest absolute Gasteiger partial charge is 0.351 e. The molecule has 3 rings (SSSR count). The highest BCUT2D eigenvalue weighted by atomic mass is 32.2. The van der Waals surface area contributed by atoms with Gasteiger partial charge in [-0.15, -0.1) is 11.8 Å². The SMILES string of the molecule is Cc1cc(C(=O)N2CSC[C@@H]2C(=O)Nc2cccc(F)c2)on1. The first-order valence-electron chi connectivity index (χ1n) is 6.93. The predicted molar refractivity (Wildman–Crippen MR) is 83.6 cm³/mol. The van der Waals surface area contributed by atoms with Crippen molar-refractivity contribution in [3.63, 3.8) is 0 Å². The van der Waals surface area contributed by atoms with Crippen molar-refractivity contribution in [1.82, 2.24) is 10.1 Å². The number of benzene rings is 1. The molecule has 1 aromatic carbocycles. The van der Waals surface area contributed by atoms with Crippen molar-refractivity contribution in [1.29, 1.82) is 0 Å². The zero-order chi connectivity index (χ0) is 16.4. The predicted octanol–water partition coefficient (Wildman–Crippen LogP) is 2.28. The fourth-order valence-electron chi connectivity index (χ4n) is 2.26. The molecule has 0 unspecified atom stereocenters. The number of hydrogen-bond donors (Lipinski definition) is 1. The molecular weight excluding hydrogens is 321 g/mol. The number of halogens is 1. The first kappa shape index (κ1) is 15.5. The minimum absolute atomic E-state index is 0.105. The highest BCUT2D eigenvalue weighted by Gasteiger charge is 2.36. The minimum Gasteiger partial charge on any atom is -0.351 e. The van der Waals surface area contributed by atoms with Crippen molar-refractivity contribution in [2.24, 2.45) is 0 Å². The van der Waals surface area contributed by atoms with Crippen molar-refractivity contribution < 1.29 is 18.5 Å². The Hall–Kier alpha value is -2.35. The first-order valence-corrected chi connectivity index (χ1v) is 8.08. The van der Waals surface area contributed by atoms with E-state index in [1.807, 2.05) is 0 Å².